The number of aromatic nitrogens is 1. The van der Waals surface area contributed by atoms with Crippen LogP contribution < -0.4 is 10.5 Å². The molecule has 0 saturated heterocycles. The van der Waals surface area contributed by atoms with Crippen molar-refractivity contribution in [3.63, 3.8) is 0 Å². The lowest BCUT2D eigenvalue weighted by Gasteiger charge is -1.99. The van der Waals surface area contributed by atoms with E-state index in [4.69, 9.17) is 21.4 Å². The van der Waals surface area contributed by atoms with Crippen molar-refractivity contribution in [3.8, 4) is 5.88 Å². The molecule has 0 aliphatic carbocycles. The Hall–Kier alpha value is -0.960. The van der Waals surface area contributed by atoms with Crippen LogP contribution in [-0.2, 0) is 0 Å². The zero-order chi connectivity index (χ0) is 10.1. The highest BCUT2D eigenvalue weighted by molar-refractivity contribution is 6.29. The lowest BCUT2D eigenvalue weighted by atomic mass is 10.4. The molecule has 0 bridgehead atoms. The summed E-state index contributed by atoms with van der Waals surface area (Å²) in [6, 6.07) is 2.69. The largest absolute Gasteiger partial charge is 0.481 e. The van der Waals surface area contributed by atoms with Crippen molar-refractivity contribution in [1.29, 1.82) is 0 Å². The summed E-state index contributed by atoms with van der Waals surface area (Å²) >= 11 is 5.52. The Morgan fingerprint density at radius 1 is 1.80 bits per heavy atom. The van der Waals surface area contributed by atoms with Gasteiger partial charge in [-0.25, -0.2) is 4.98 Å². The number of pyridine rings is 1. The zero-order valence-electron chi connectivity index (χ0n) is 7.97. The monoisotopic (exact) mass is 161 g/mol. The topological polar surface area (TPSA) is 48.1 Å². The average molecular weight is 162 g/mol. The minimum absolute atomic E-state index is 0.0965. The van der Waals surface area contributed by atoms with E-state index in [1.54, 1.807) is 0 Å². The molecule has 0 aliphatic heterocycles. The zero-order valence-corrected chi connectivity index (χ0v) is 5.72. The molecule has 10 heavy (non-hydrogen) atoms. The Morgan fingerprint density at radius 2 is 2.60 bits per heavy atom. The van der Waals surface area contributed by atoms with Crippen LogP contribution >= 0.6 is 11.6 Å². The normalized spacial score (nSPS) is 15.1. The van der Waals surface area contributed by atoms with Gasteiger partial charge in [-0.2, -0.15) is 0 Å². The van der Waals surface area contributed by atoms with E-state index in [1.807, 2.05) is 0 Å². The SMILES string of the molecule is [2H]C([2H])([2H])Oc1cc(N)cc(Cl)n1. The first-order valence-corrected chi connectivity index (χ1v) is 2.87. The molecule has 4 heteroatoms. The molecule has 0 unspecified atom stereocenters. The summed E-state index contributed by atoms with van der Waals surface area (Å²) in [5, 5.41) is 0.0965. The predicted octanol–water partition coefficient (Wildman–Crippen LogP) is 1.33. The fourth-order valence-electron chi connectivity index (χ4n) is 0.544. The van der Waals surface area contributed by atoms with Crippen LogP contribution in [0.2, 0.25) is 5.15 Å². The molecular formula is C6H7ClN2O. The molecular weight excluding hydrogens is 152 g/mol. The fourth-order valence-corrected chi connectivity index (χ4v) is 0.753. The van der Waals surface area contributed by atoms with Crippen LogP contribution in [0.25, 0.3) is 0 Å². The van der Waals surface area contributed by atoms with Crippen molar-refractivity contribution in [2.24, 2.45) is 0 Å². The number of nitrogen functional groups attached to an aromatic ring is 1. The lowest BCUT2D eigenvalue weighted by Crippen LogP contribution is -1.91. The van der Waals surface area contributed by atoms with Gasteiger partial charge in [-0.3, -0.25) is 0 Å². The molecule has 54 valence electrons. The number of methoxy groups -OCH3 is 1. The van der Waals surface area contributed by atoms with Crippen molar-refractivity contribution >= 4 is 17.3 Å². The first-order chi connectivity index (χ1) is 5.87. The molecule has 1 aromatic heterocycles. The third kappa shape index (κ3) is 1.51. The highest BCUT2D eigenvalue weighted by atomic mass is 35.5. The number of hydrogen-bond donors (Lipinski definition) is 1. The van der Waals surface area contributed by atoms with Crippen molar-refractivity contribution in [2.75, 3.05) is 12.8 Å². The standard InChI is InChI=1S/C6H7ClN2O/c1-10-6-3-4(8)2-5(7)9-6/h2-3H,1H3,(H2,8,9)/i1D3. The van der Waals surface area contributed by atoms with Crippen LogP contribution in [0.5, 0.6) is 5.88 Å². The number of nitrogens with two attached hydrogens (primary N) is 1. The molecule has 1 rings (SSSR count). The Morgan fingerprint density at radius 3 is 3.20 bits per heavy atom. The Kier molecular flexibility index (Phi) is 1.11. The van der Waals surface area contributed by atoms with Gasteiger partial charge in [0, 0.05) is 11.8 Å². The molecule has 0 aliphatic rings. The average Bonchev–Trinajstić information content (AvgIpc) is 1.78. The second-order valence-electron chi connectivity index (χ2n) is 1.66. The maximum atomic E-state index is 6.80. The molecule has 0 amide bonds. The van der Waals surface area contributed by atoms with Gasteiger partial charge in [-0.15, -0.1) is 0 Å². The van der Waals surface area contributed by atoms with E-state index in [2.05, 4.69) is 9.72 Å². The Balaban J connectivity index is 2.90. The minimum Gasteiger partial charge on any atom is -0.481 e. The van der Waals surface area contributed by atoms with Gasteiger partial charge in [0.25, 0.3) is 0 Å². The summed E-state index contributed by atoms with van der Waals surface area (Å²) in [5.74, 6) is -0.106. The van der Waals surface area contributed by atoms with Crippen LogP contribution in [0.1, 0.15) is 4.11 Å². The smallest absolute Gasteiger partial charge is 0.216 e. The van der Waals surface area contributed by atoms with Gasteiger partial charge in [-0.1, -0.05) is 11.6 Å². The van der Waals surface area contributed by atoms with Crippen LogP contribution in [0, 0.1) is 0 Å². The highest BCUT2D eigenvalue weighted by Crippen LogP contribution is 2.16. The van der Waals surface area contributed by atoms with Crippen molar-refractivity contribution in [3.05, 3.63) is 17.3 Å². The van der Waals surface area contributed by atoms with Gasteiger partial charge < -0.3 is 10.5 Å². The van der Waals surface area contributed by atoms with Crippen LogP contribution in [0.4, 0.5) is 5.69 Å². The van der Waals surface area contributed by atoms with E-state index >= 15 is 0 Å². The predicted molar refractivity (Wildman–Crippen MR) is 40.2 cm³/mol. The summed E-state index contributed by atoms with van der Waals surface area (Å²) in [6.07, 6.45) is 0. The van der Waals surface area contributed by atoms with E-state index in [1.165, 1.54) is 12.1 Å². The Bertz CT molecular complexity index is 295. The summed E-state index contributed by atoms with van der Waals surface area (Å²) in [7, 11) is -2.54. The molecule has 0 atom stereocenters. The molecule has 0 spiro atoms. The summed E-state index contributed by atoms with van der Waals surface area (Å²) in [4.78, 5) is 3.62. The van der Waals surface area contributed by atoms with Gasteiger partial charge in [0.1, 0.15) is 5.15 Å². The van der Waals surface area contributed by atoms with E-state index in [9.17, 15) is 0 Å². The molecule has 2 N–H and O–H groups in total. The van der Waals surface area contributed by atoms with Gasteiger partial charge in [0.15, 0.2) is 0 Å². The minimum atomic E-state index is -2.54. The number of rotatable bonds is 1. The maximum absolute atomic E-state index is 6.80. The molecule has 0 saturated carbocycles. The highest BCUT2D eigenvalue weighted by Gasteiger charge is 1.96. The first-order valence-electron chi connectivity index (χ1n) is 3.99. The van der Waals surface area contributed by atoms with Crippen molar-refractivity contribution in [2.45, 2.75) is 0 Å². The summed E-state index contributed by atoms with van der Waals surface area (Å²) in [5.41, 5.74) is 5.70. The number of hydrogen-bond acceptors (Lipinski definition) is 3. The fraction of sp³-hybridized carbons (Fsp3) is 0.167. The summed E-state index contributed by atoms with van der Waals surface area (Å²) < 4.78 is 24.9. The lowest BCUT2D eigenvalue weighted by molar-refractivity contribution is 0.398. The van der Waals surface area contributed by atoms with E-state index in [0.717, 1.165) is 0 Å². The van der Waals surface area contributed by atoms with Gasteiger partial charge in [0.05, 0.1) is 11.2 Å². The van der Waals surface area contributed by atoms with Crippen molar-refractivity contribution < 1.29 is 8.85 Å². The van der Waals surface area contributed by atoms with Gasteiger partial charge in [0.2, 0.25) is 5.88 Å². The van der Waals surface area contributed by atoms with Crippen LogP contribution in [-0.4, -0.2) is 12.0 Å². The van der Waals surface area contributed by atoms with Crippen LogP contribution in [0.3, 0.4) is 0 Å². The third-order valence-corrected chi connectivity index (χ3v) is 1.09. The molecule has 1 heterocycles. The third-order valence-electron chi connectivity index (χ3n) is 0.897. The molecule has 1 aromatic rings. The first kappa shape index (κ1) is 4.03. The quantitative estimate of drug-likeness (QED) is 0.633. The number of anilines is 1. The second kappa shape index (κ2) is 2.75. The van der Waals surface area contributed by atoms with Gasteiger partial charge >= 0.3 is 0 Å². The number of ether oxygens (including phenoxy) is 1. The van der Waals surface area contributed by atoms with Crippen molar-refractivity contribution in [1.82, 2.24) is 4.98 Å². The molecule has 0 fully saturated rings. The van der Waals surface area contributed by atoms with Gasteiger partial charge in [-0.05, 0) is 6.07 Å². The van der Waals surface area contributed by atoms with E-state index < -0.39 is 7.04 Å². The molecule has 3 nitrogen and oxygen atoms in total. The molecule has 0 radical (unpaired) electrons. The Labute approximate surface area is 68.0 Å². The number of halogens is 1. The van der Waals surface area contributed by atoms with E-state index in [0.29, 0.717) is 5.69 Å². The maximum Gasteiger partial charge on any atom is 0.216 e. The second-order valence-corrected chi connectivity index (χ2v) is 2.05. The van der Waals surface area contributed by atoms with Crippen LogP contribution in [0.15, 0.2) is 12.1 Å². The van der Waals surface area contributed by atoms with E-state index in [-0.39, 0.29) is 11.0 Å². The summed E-state index contributed by atoms with van der Waals surface area (Å²) in [6.45, 7) is 0. The molecule has 0 aromatic carbocycles. The number of nitrogens with zero attached hydrogens (tertiary/aromatic N) is 1.